The number of halogens is 1. The number of benzene rings is 1. The van der Waals surface area contributed by atoms with E-state index in [-0.39, 0.29) is 11.7 Å². The predicted octanol–water partition coefficient (Wildman–Crippen LogP) is 1.66. The van der Waals surface area contributed by atoms with E-state index in [1.54, 1.807) is 24.4 Å². The molecule has 3 rings (SSSR count). The molecule has 7 nitrogen and oxygen atoms in total. The molecule has 2 aromatic heterocycles. The van der Waals surface area contributed by atoms with Gasteiger partial charge in [0.25, 0.3) is 5.91 Å². The molecule has 0 unspecified atom stereocenters. The van der Waals surface area contributed by atoms with Gasteiger partial charge in [-0.15, -0.1) is 0 Å². The maximum Gasteiger partial charge on any atom is 0.252 e. The van der Waals surface area contributed by atoms with Crippen LogP contribution in [0.2, 0.25) is 5.02 Å². The van der Waals surface area contributed by atoms with Gasteiger partial charge < -0.3 is 21.1 Å². The van der Waals surface area contributed by atoms with Crippen molar-refractivity contribution >= 4 is 35.0 Å². The van der Waals surface area contributed by atoms with Crippen molar-refractivity contribution in [2.45, 2.75) is 13.3 Å². The Morgan fingerprint density at radius 2 is 2.23 bits per heavy atom. The normalized spacial score (nSPS) is 12.9. The Morgan fingerprint density at radius 3 is 2.96 bits per heavy atom. The number of H-pyrrole nitrogens is 2. The number of aromatic amines is 2. The van der Waals surface area contributed by atoms with E-state index in [2.05, 4.69) is 20.5 Å². The molecule has 0 saturated heterocycles. The lowest BCUT2D eigenvalue weighted by molar-refractivity contribution is -0.111. The van der Waals surface area contributed by atoms with Crippen molar-refractivity contribution in [1.29, 1.82) is 0 Å². The van der Waals surface area contributed by atoms with Crippen molar-refractivity contribution in [2.24, 2.45) is 5.73 Å². The molecular weight excluding hydrogens is 354 g/mol. The molecule has 0 aliphatic heterocycles. The van der Waals surface area contributed by atoms with E-state index in [0.29, 0.717) is 39.3 Å². The molecule has 8 heteroatoms. The molecule has 3 aromatic rings. The van der Waals surface area contributed by atoms with Crippen molar-refractivity contribution in [3.63, 3.8) is 0 Å². The number of nitrogens with one attached hydrogen (secondary N) is 3. The van der Waals surface area contributed by atoms with Crippen LogP contribution in [0.4, 0.5) is 5.69 Å². The number of amides is 1. The molecule has 0 bridgehead atoms. The van der Waals surface area contributed by atoms with Crippen molar-refractivity contribution in [1.82, 2.24) is 15.2 Å². The number of carbonyl (C=O) groups is 1. The van der Waals surface area contributed by atoms with E-state index in [4.69, 9.17) is 17.3 Å². The van der Waals surface area contributed by atoms with Crippen LogP contribution in [0.1, 0.15) is 13.3 Å². The monoisotopic (exact) mass is 371 g/mol. The Balaban J connectivity index is 2.01. The number of carbonyl (C=O) groups excluding carboxylic acids is 1. The zero-order chi connectivity index (χ0) is 18.7. The number of hydrogen-bond donors (Lipinski definition) is 5. The second-order valence-electron chi connectivity index (χ2n) is 5.58. The van der Waals surface area contributed by atoms with Crippen molar-refractivity contribution in [3.05, 3.63) is 52.2 Å². The lowest BCUT2D eigenvalue weighted by Gasteiger charge is -2.09. The van der Waals surface area contributed by atoms with Gasteiger partial charge in [-0.3, -0.25) is 9.89 Å². The molecule has 6 N–H and O–H groups in total. The first-order valence-corrected chi connectivity index (χ1v) is 8.35. The van der Waals surface area contributed by atoms with Crippen LogP contribution in [0.5, 0.6) is 5.75 Å². The van der Waals surface area contributed by atoms with E-state index < -0.39 is 0 Å². The SMILES string of the molecule is CC/C(C(=O)Nc1cn[nH]c1-c1cc(Cl)ccc1O)=c1/cc[nH]/c1=C/N. The van der Waals surface area contributed by atoms with E-state index in [1.165, 1.54) is 18.5 Å². The molecule has 1 aromatic carbocycles. The number of hydrogen-bond acceptors (Lipinski definition) is 4. The number of phenolic OH excluding ortho intramolecular Hbond substituents is 1. The van der Waals surface area contributed by atoms with Gasteiger partial charge in [0.05, 0.1) is 22.9 Å². The summed E-state index contributed by atoms with van der Waals surface area (Å²) in [7, 11) is 0. The standard InChI is InChI=1S/C18H18ClN5O2/c1-2-11(12-5-6-21-14(12)8-20)18(26)23-15-9-22-24-17(15)13-7-10(19)3-4-16(13)25/h3-9,21,25H,2,20H2,1H3,(H,22,24)(H,23,26)/b12-11+,14-8+. The van der Waals surface area contributed by atoms with Crippen molar-refractivity contribution in [3.8, 4) is 17.0 Å². The molecule has 1 amide bonds. The van der Waals surface area contributed by atoms with Gasteiger partial charge >= 0.3 is 0 Å². The third kappa shape index (κ3) is 3.29. The molecular formula is C18H18ClN5O2. The van der Waals surface area contributed by atoms with Gasteiger partial charge in [0.15, 0.2) is 0 Å². The fourth-order valence-electron chi connectivity index (χ4n) is 2.75. The second kappa shape index (κ2) is 7.37. The fourth-order valence-corrected chi connectivity index (χ4v) is 2.92. The lowest BCUT2D eigenvalue weighted by atomic mass is 10.1. The number of nitrogens with two attached hydrogens (primary N) is 1. The summed E-state index contributed by atoms with van der Waals surface area (Å²) in [5.41, 5.74) is 7.52. The van der Waals surface area contributed by atoms with Gasteiger partial charge in [0.2, 0.25) is 0 Å². The smallest absolute Gasteiger partial charge is 0.252 e. The fraction of sp³-hybridized carbons (Fsp3) is 0.111. The Bertz CT molecular complexity index is 1070. The van der Waals surface area contributed by atoms with Crippen LogP contribution in [0.25, 0.3) is 23.0 Å². The Hall–Kier alpha value is -3.19. The first-order valence-electron chi connectivity index (χ1n) is 7.97. The quantitative estimate of drug-likeness (QED) is 0.479. The first kappa shape index (κ1) is 17.6. The van der Waals surface area contributed by atoms with Crippen LogP contribution in [-0.2, 0) is 4.79 Å². The van der Waals surface area contributed by atoms with E-state index >= 15 is 0 Å². The van der Waals surface area contributed by atoms with Gasteiger partial charge in [-0.05, 0) is 30.7 Å². The Morgan fingerprint density at radius 1 is 1.42 bits per heavy atom. The third-order valence-electron chi connectivity index (χ3n) is 4.01. The van der Waals surface area contributed by atoms with Crippen LogP contribution in [0, 0.1) is 0 Å². The number of phenols is 1. The summed E-state index contributed by atoms with van der Waals surface area (Å²) in [6.07, 6.45) is 5.14. The molecule has 0 atom stereocenters. The summed E-state index contributed by atoms with van der Waals surface area (Å²) in [5, 5.41) is 21.6. The first-order chi connectivity index (χ1) is 12.5. The van der Waals surface area contributed by atoms with Gasteiger partial charge in [-0.2, -0.15) is 5.10 Å². The minimum absolute atomic E-state index is 0.0273. The summed E-state index contributed by atoms with van der Waals surface area (Å²) in [5.74, 6) is -0.251. The minimum atomic E-state index is -0.278. The summed E-state index contributed by atoms with van der Waals surface area (Å²) >= 11 is 6.01. The molecule has 0 radical (unpaired) electrons. The van der Waals surface area contributed by atoms with E-state index in [9.17, 15) is 9.90 Å². The van der Waals surface area contributed by atoms with E-state index in [1.807, 2.05) is 6.92 Å². The summed E-state index contributed by atoms with van der Waals surface area (Å²) in [6, 6.07) is 6.46. The van der Waals surface area contributed by atoms with Crippen LogP contribution in [-0.4, -0.2) is 26.2 Å². The molecule has 0 aliphatic rings. The maximum absolute atomic E-state index is 12.8. The second-order valence-corrected chi connectivity index (χ2v) is 6.01. The third-order valence-corrected chi connectivity index (χ3v) is 4.25. The average Bonchev–Trinajstić information content (AvgIpc) is 3.27. The molecule has 26 heavy (non-hydrogen) atoms. The number of anilines is 1. The van der Waals surface area contributed by atoms with Crippen molar-refractivity contribution in [2.75, 3.05) is 5.32 Å². The molecule has 2 heterocycles. The van der Waals surface area contributed by atoms with Gasteiger partial charge in [0.1, 0.15) is 5.75 Å². The molecule has 134 valence electrons. The molecule has 0 fully saturated rings. The van der Waals surface area contributed by atoms with Crippen LogP contribution < -0.4 is 21.6 Å². The summed E-state index contributed by atoms with van der Waals surface area (Å²) < 4.78 is 0. The minimum Gasteiger partial charge on any atom is -0.507 e. The number of nitrogens with zero attached hydrogens (tertiary/aromatic N) is 1. The summed E-state index contributed by atoms with van der Waals surface area (Å²) in [4.78, 5) is 15.8. The van der Waals surface area contributed by atoms with Crippen molar-refractivity contribution < 1.29 is 9.90 Å². The van der Waals surface area contributed by atoms with Gasteiger partial charge in [-0.1, -0.05) is 18.5 Å². The largest absolute Gasteiger partial charge is 0.507 e. The number of aromatic hydroxyl groups is 1. The maximum atomic E-state index is 12.8. The van der Waals surface area contributed by atoms with Gasteiger partial charge in [0, 0.05) is 33.8 Å². The van der Waals surface area contributed by atoms with Crippen LogP contribution in [0.3, 0.4) is 0 Å². The summed E-state index contributed by atoms with van der Waals surface area (Å²) in [6.45, 7) is 1.89. The average molecular weight is 372 g/mol. The Kier molecular flexibility index (Phi) is 4.99. The molecule has 0 saturated carbocycles. The van der Waals surface area contributed by atoms with E-state index in [0.717, 1.165) is 5.22 Å². The number of aromatic nitrogens is 3. The Labute approximate surface area is 154 Å². The van der Waals surface area contributed by atoms with Gasteiger partial charge in [-0.25, -0.2) is 0 Å². The lowest BCUT2D eigenvalue weighted by Crippen LogP contribution is -2.30. The zero-order valence-electron chi connectivity index (χ0n) is 14.0. The highest BCUT2D eigenvalue weighted by Crippen LogP contribution is 2.34. The topological polar surface area (TPSA) is 120 Å². The van der Waals surface area contributed by atoms with Crippen LogP contribution >= 0.6 is 11.6 Å². The highest BCUT2D eigenvalue weighted by molar-refractivity contribution is 6.31. The highest BCUT2D eigenvalue weighted by atomic mass is 35.5. The van der Waals surface area contributed by atoms with Crippen LogP contribution in [0.15, 0.2) is 36.7 Å². The zero-order valence-corrected chi connectivity index (χ0v) is 14.8. The highest BCUT2D eigenvalue weighted by Gasteiger charge is 2.16. The number of rotatable bonds is 4. The molecule has 0 aliphatic carbocycles. The predicted molar refractivity (Wildman–Crippen MR) is 102 cm³/mol. The molecule has 0 spiro atoms.